The van der Waals surface area contributed by atoms with E-state index in [1.807, 2.05) is 48.5 Å². The van der Waals surface area contributed by atoms with E-state index in [4.69, 9.17) is 14.2 Å². The first-order valence-corrected chi connectivity index (χ1v) is 7.25. The highest BCUT2D eigenvalue weighted by molar-refractivity contribution is 5.77. The molecule has 118 valence electrons. The number of hydrogen-bond acceptors (Lipinski definition) is 4. The molecular weight excluding hydrogens is 292 g/mol. The molecule has 0 amide bonds. The number of H-pyrrole nitrogens is 1. The van der Waals surface area contributed by atoms with Crippen molar-refractivity contribution >= 4 is 0 Å². The Balaban J connectivity index is 2.02. The molecule has 0 spiro atoms. The van der Waals surface area contributed by atoms with Crippen LogP contribution in [0.2, 0.25) is 0 Å². The number of benzene rings is 2. The van der Waals surface area contributed by atoms with E-state index in [9.17, 15) is 0 Å². The third-order valence-corrected chi connectivity index (χ3v) is 3.52. The quantitative estimate of drug-likeness (QED) is 0.754. The van der Waals surface area contributed by atoms with Gasteiger partial charge in [-0.3, -0.25) is 5.10 Å². The number of methoxy groups -OCH3 is 2. The summed E-state index contributed by atoms with van der Waals surface area (Å²) in [6, 6.07) is 15.5. The second kappa shape index (κ2) is 6.87. The summed E-state index contributed by atoms with van der Waals surface area (Å²) in [6.45, 7) is 0.436. The SMILES string of the molecule is COc1ccc(OC)c(-c2ccn[nH]2)c1OCc1ccccc1. The van der Waals surface area contributed by atoms with Crippen LogP contribution >= 0.6 is 0 Å². The molecule has 0 aliphatic carbocycles. The molecule has 0 unspecified atom stereocenters. The van der Waals surface area contributed by atoms with Gasteiger partial charge in [0.25, 0.3) is 0 Å². The maximum Gasteiger partial charge on any atom is 0.174 e. The zero-order chi connectivity index (χ0) is 16.1. The van der Waals surface area contributed by atoms with Gasteiger partial charge in [0.15, 0.2) is 11.5 Å². The summed E-state index contributed by atoms with van der Waals surface area (Å²) in [5.41, 5.74) is 2.68. The molecule has 3 rings (SSSR count). The molecular formula is C18H18N2O3. The summed E-state index contributed by atoms with van der Waals surface area (Å²) < 4.78 is 17.0. The second-order valence-corrected chi connectivity index (χ2v) is 4.92. The molecule has 0 saturated heterocycles. The van der Waals surface area contributed by atoms with E-state index in [0.717, 1.165) is 16.8 Å². The molecule has 0 aliphatic heterocycles. The third kappa shape index (κ3) is 3.13. The molecule has 0 fully saturated rings. The smallest absolute Gasteiger partial charge is 0.174 e. The molecule has 2 aromatic carbocycles. The highest BCUT2D eigenvalue weighted by Crippen LogP contribution is 2.44. The zero-order valence-electron chi connectivity index (χ0n) is 13.1. The molecule has 23 heavy (non-hydrogen) atoms. The van der Waals surface area contributed by atoms with Crippen LogP contribution in [0.25, 0.3) is 11.3 Å². The molecule has 3 aromatic rings. The van der Waals surface area contributed by atoms with Gasteiger partial charge in [0.1, 0.15) is 12.4 Å². The Morgan fingerprint density at radius 2 is 1.65 bits per heavy atom. The Morgan fingerprint density at radius 1 is 0.913 bits per heavy atom. The topological polar surface area (TPSA) is 56.4 Å². The molecule has 5 heteroatoms. The number of nitrogens with one attached hydrogen (secondary N) is 1. The maximum absolute atomic E-state index is 6.06. The van der Waals surface area contributed by atoms with Crippen molar-refractivity contribution in [1.29, 1.82) is 0 Å². The highest BCUT2D eigenvalue weighted by atomic mass is 16.5. The predicted molar refractivity (Wildman–Crippen MR) is 87.9 cm³/mol. The zero-order valence-corrected chi connectivity index (χ0v) is 13.1. The van der Waals surface area contributed by atoms with Crippen molar-refractivity contribution in [2.75, 3.05) is 14.2 Å². The van der Waals surface area contributed by atoms with Crippen molar-refractivity contribution in [2.45, 2.75) is 6.61 Å². The van der Waals surface area contributed by atoms with Crippen LogP contribution in [0.3, 0.4) is 0 Å². The van der Waals surface area contributed by atoms with Gasteiger partial charge in [-0.1, -0.05) is 30.3 Å². The minimum Gasteiger partial charge on any atom is -0.496 e. The first-order valence-electron chi connectivity index (χ1n) is 7.25. The first kappa shape index (κ1) is 15.0. The standard InChI is InChI=1S/C18H18N2O3/c1-21-15-8-9-16(22-2)18(17(15)14-10-11-19-20-14)23-12-13-6-4-3-5-7-13/h3-11H,12H2,1-2H3,(H,19,20). The average molecular weight is 310 g/mol. The molecule has 0 radical (unpaired) electrons. The van der Waals surface area contributed by atoms with Crippen molar-refractivity contribution in [3.8, 4) is 28.5 Å². The van der Waals surface area contributed by atoms with Crippen molar-refractivity contribution in [3.63, 3.8) is 0 Å². The van der Waals surface area contributed by atoms with Gasteiger partial charge in [0, 0.05) is 6.20 Å². The minimum absolute atomic E-state index is 0.436. The lowest BCUT2D eigenvalue weighted by Gasteiger charge is -2.17. The summed E-state index contributed by atoms with van der Waals surface area (Å²) >= 11 is 0. The largest absolute Gasteiger partial charge is 0.496 e. The van der Waals surface area contributed by atoms with Gasteiger partial charge in [-0.05, 0) is 23.8 Å². The van der Waals surface area contributed by atoms with Crippen LogP contribution < -0.4 is 14.2 Å². The molecule has 0 saturated carbocycles. The van der Waals surface area contributed by atoms with Crippen LogP contribution in [-0.2, 0) is 6.61 Å². The Kier molecular flexibility index (Phi) is 4.47. The Bertz CT molecular complexity index is 755. The van der Waals surface area contributed by atoms with Gasteiger partial charge in [-0.25, -0.2) is 0 Å². The molecule has 5 nitrogen and oxygen atoms in total. The van der Waals surface area contributed by atoms with Crippen molar-refractivity contribution in [3.05, 3.63) is 60.3 Å². The number of nitrogens with zero attached hydrogens (tertiary/aromatic N) is 1. The van der Waals surface area contributed by atoms with Crippen LogP contribution in [0.1, 0.15) is 5.56 Å². The fourth-order valence-corrected chi connectivity index (χ4v) is 2.40. The summed E-state index contributed by atoms with van der Waals surface area (Å²) in [6.07, 6.45) is 1.69. The Labute approximate surface area is 134 Å². The average Bonchev–Trinajstić information content (AvgIpc) is 3.14. The van der Waals surface area contributed by atoms with Crippen LogP contribution in [0.15, 0.2) is 54.7 Å². The van der Waals surface area contributed by atoms with E-state index in [0.29, 0.717) is 23.9 Å². The van der Waals surface area contributed by atoms with E-state index in [1.54, 1.807) is 20.4 Å². The summed E-state index contributed by atoms with van der Waals surface area (Å²) in [4.78, 5) is 0. The fourth-order valence-electron chi connectivity index (χ4n) is 2.40. The maximum atomic E-state index is 6.06. The van der Waals surface area contributed by atoms with E-state index >= 15 is 0 Å². The van der Waals surface area contributed by atoms with Crippen molar-refractivity contribution in [1.82, 2.24) is 10.2 Å². The summed E-state index contributed by atoms with van der Waals surface area (Å²) in [5.74, 6) is 1.96. The monoisotopic (exact) mass is 310 g/mol. The van der Waals surface area contributed by atoms with Crippen LogP contribution in [0, 0.1) is 0 Å². The third-order valence-electron chi connectivity index (χ3n) is 3.52. The Hall–Kier alpha value is -2.95. The lowest BCUT2D eigenvalue weighted by Crippen LogP contribution is -2.01. The fraction of sp³-hybridized carbons (Fsp3) is 0.167. The van der Waals surface area contributed by atoms with Crippen LogP contribution in [-0.4, -0.2) is 24.4 Å². The Morgan fingerprint density at radius 3 is 2.30 bits per heavy atom. The van der Waals surface area contributed by atoms with Gasteiger partial charge < -0.3 is 14.2 Å². The summed E-state index contributed by atoms with van der Waals surface area (Å²) in [7, 11) is 3.25. The summed E-state index contributed by atoms with van der Waals surface area (Å²) in [5, 5.41) is 6.96. The van der Waals surface area contributed by atoms with E-state index in [1.165, 1.54) is 0 Å². The number of aromatic amines is 1. The van der Waals surface area contributed by atoms with Gasteiger partial charge >= 0.3 is 0 Å². The van der Waals surface area contributed by atoms with E-state index < -0.39 is 0 Å². The molecule has 1 N–H and O–H groups in total. The molecule has 0 atom stereocenters. The highest BCUT2D eigenvalue weighted by Gasteiger charge is 2.19. The lowest BCUT2D eigenvalue weighted by atomic mass is 10.1. The van der Waals surface area contributed by atoms with Gasteiger partial charge in [-0.2, -0.15) is 5.10 Å². The second-order valence-electron chi connectivity index (χ2n) is 4.92. The van der Waals surface area contributed by atoms with Crippen molar-refractivity contribution < 1.29 is 14.2 Å². The predicted octanol–water partition coefficient (Wildman–Crippen LogP) is 3.67. The molecule has 0 aliphatic rings. The molecule has 1 heterocycles. The van der Waals surface area contributed by atoms with Gasteiger partial charge in [-0.15, -0.1) is 0 Å². The molecule has 0 bridgehead atoms. The first-order chi connectivity index (χ1) is 11.3. The number of hydrogen-bond donors (Lipinski definition) is 1. The number of ether oxygens (including phenoxy) is 3. The van der Waals surface area contributed by atoms with Crippen LogP contribution in [0.4, 0.5) is 0 Å². The van der Waals surface area contributed by atoms with Crippen molar-refractivity contribution in [2.24, 2.45) is 0 Å². The normalized spacial score (nSPS) is 10.3. The number of rotatable bonds is 6. The van der Waals surface area contributed by atoms with Crippen LogP contribution in [0.5, 0.6) is 17.2 Å². The number of aromatic nitrogens is 2. The van der Waals surface area contributed by atoms with E-state index in [-0.39, 0.29) is 0 Å². The minimum atomic E-state index is 0.436. The lowest BCUT2D eigenvalue weighted by molar-refractivity contribution is 0.283. The molecule has 1 aromatic heterocycles. The van der Waals surface area contributed by atoms with E-state index in [2.05, 4.69) is 10.2 Å². The van der Waals surface area contributed by atoms with Gasteiger partial charge in [0.2, 0.25) is 0 Å². The van der Waals surface area contributed by atoms with Gasteiger partial charge in [0.05, 0.1) is 25.5 Å².